The number of piperazine rings is 1. The van der Waals surface area contributed by atoms with Gasteiger partial charge in [-0.25, -0.2) is 0 Å². The van der Waals surface area contributed by atoms with Gasteiger partial charge in [-0.2, -0.15) is 0 Å². The maximum Gasteiger partial charge on any atom is 0.247 e. The van der Waals surface area contributed by atoms with Gasteiger partial charge in [0, 0.05) is 11.6 Å². The maximum absolute atomic E-state index is 12.3. The molecule has 0 radical (unpaired) electrons. The summed E-state index contributed by atoms with van der Waals surface area (Å²) >= 11 is 0. The van der Waals surface area contributed by atoms with Gasteiger partial charge in [0.15, 0.2) is 0 Å². The number of fused-ring (bicyclic) bond motifs is 5. The molecule has 0 spiro atoms. The minimum Gasteiger partial charge on any atom is -0.364 e. The highest BCUT2D eigenvalue weighted by Gasteiger charge is 2.53. The van der Waals surface area contributed by atoms with Crippen LogP contribution in [0.1, 0.15) is 24.8 Å². The zero-order valence-corrected chi connectivity index (χ0v) is 10.6. The number of nitrogens with one attached hydrogen (secondary N) is 2. The first kappa shape index (κ1) is 10.8. The molecule has 4 atom stereocenters. The van der Waals surface area contributed by atoms with E-state index in [1.807, 2.05) is 18.2 Å². The third-order valence-corrected chi connectivity index (χ3v) is 4.44. The number of rotatable bonds is 0. The summed E-state index contributed by atoms with van der Waals surface area (Å²) in [6.45, 7) is 1.74. The normalized spacial score (nSPS) is 35.3. The van der Waals surface area contributed by atoms with Crippen LogP contribution in [-0.2, 0) is 9.59 Å². The number of anilines is 1. The number of nitrogens with zero attached hydrogens (tertiary/aromatic N) is 1. The predicted octanol–water partition coefficient (Wildman–Crippen LogP) is 0.641. The van der Waals surface area contributed by atoms with E-state index in [4.69, 9.17) is 0 Å². The lowest BCUT2D eigenvalue weighted by molar-refractivity contribution is -0.148. The van der Waals surface area contributed by atoms with Crippen LogP contribution in [0.15, 0.2) is 24.3 Å². The molecule has 0 bridgehead atoms. The number of para-hydroxylation sites is 1. The Hall–Kier alpha value is -2.04. The van der Waals surface area contributed by atoms with Crippen LogP contribution in [0.3, 0.4) is 0 Å². The number of hydrogen-bond acceptors (Lipinski definition) is 3. The van der Waals surface area contributed by atoms with E-state index < -0.39 is 6.04 Å². The van der Waals surface area contributed by atoms with Gasteiger partial charge in [-0.1, -0.05) is 18.2 Å². The highest BCUT2D eigenvalue weighted by atomic mass is 16.2. The molecule has 98 valence electrons. The van der Waals surface area contributed by atoms with E-state index in [-0.39, 0.29) is 29.9 Å². The second-order valence-electron chi connectivity index (χ2n) is 5.51. The highest BCUT2D eigenvalue weighted by Crippen LogP contribution is 2.46. The molecule has 2 saturated heterocycles. The Morgan fingerprint density at radius 2 is 2.00 bits per heavy atom. The van der Waals surface area contributed by atoms with E-state index in [9.17, 15) is 9.59 Å². The maximum atomic E-state index is 12.3. The van der Waals surface area contributed by atoms with E-state index in [1.54, 1.807) is 11.8 Å². The topological polar surface area (TPSA) is 61.4 Å². The van der Waals surface area contributed by atoms with Gasteiger partial charge in [0.05, 0.1) is 0 Å². The summed E-state index contributed by atoms with van der Waals surface area (Å²) in [4.78, 5) is 26.1. The summed E-state index contributed by atoms with van der Waals surface area (Å²) in [6.07, 6.45) is 0.641. The highest BCUT2D eigenvalue weighted by molar-refractivity contribution is 5.98. The van der Waals surface area contributed by atoms with Crippen LogP contribution in [0.5, 0.6) is 0 Å². The SMILES string of the molecule is C[C@H]1NC(=O)[C@@H]2C[C@H]3c4ccccc4N[C@H]3N2C1=O. The molecule has 3 aliphatic rings. The number of benzene rings is 1. The van der Waals surface area contributed by atoms with E-state index in [0.717, 1.165) is 5.69 Å². The molecular weight excluding hydrogens is 242 g/mol. The molecule has 0 aliphatic carbocycles. The number of carbonyl (C=O) groups is 2. The molecule has 0 aromatic heterocycles. The molecule has 5 nitrogen and oxygen atoms in total. The monoisotopic (exact) mass is 257 g/mol. The third kappa shape index (κ3) is 1.30. The van der Waals surface area contributed by atoms with Crippen LogP contribution in [-0.4, -0.2) is 35.0 Å². The lowest BCUT2D eigenvalue weighted by atomic mass is 9.96. The second kappa shape index (κ2) is 3.50. The van der Waals surface area contributed by atoms with Crippen LogP contribution < -0.4 is 10.6 Å². The second-order valence-corrected chi connectivity index (χ2v) is 5.51. The molecule has 0 saturated carbocycles. The van der Waals surface area contributed by atoms with Crippen LogP contribution >= 0.6 is 0 Å². The van der Waals surface area contributed by atoms with Gasteiger partial charge in [-0.3, -0.25) is 9.59 Å². The largest absolute Gasteiger partial charge is 0.364 e. The van der Waals surface area contributed by atoms with Gasteiger partial charge in [-0.15, -0.1) is 0 Å². The molecule has 1 aromatic carbocycles. The van der Waals surface area contributed by atoms with Crippen LogP contribution in [0.2, 0.25) is 0 Å². The third-order valence-electron chi connectivity index (χ3n) is 4.44. The summed E-state index contributed by atoms with van der Waals surface area (Å²) in [5, 5.41) is 6.15. The van der Waals surface area contributed by atoms with Crippen molar-refractivity contribution in [2.75, 3.05) is 5.32 Å². The summed E-state index contributed by atoms with van der Waals surface area (Å²) in [7, 11) is 0. The standard InChI is InChI=1S/C14H15N3O2/c1-7-14(19)17-11(13(18)15-7)6-9-8-4-2-3-5-10(8)16-12(9)17/h2-5,7,9,11-12,16H,6H2,1H3,(H,15,18)/t7-,9+,11+,12+/m1/s1. The van der Waals surface area contributed by atoms with Gasteiger partial charge < -0.3 is 15.5 Å². The molecule has 3 heterocycles. The first-order valence-electron chi connectivity index (χ1n) is 6.65. The van der Waals surface area contributed by atoms with Crippen molar-refractivity contribution in [1.82, 2.24) is 10.2 Å². The fourth-order valence-corrected chi connectivity index (χ4v) is 3.57. The zero-order chi connectivity index (χ0) is 13.1. The molecule has 2 N–H and O–H groups in total. The Morgan fingerprint density at radius 3 is 2.84 bits per heavy atom. The number of amides is 2. The predicted molar refractivity (Wildman–Crippen MR) is 69.4 cm³/mol. The van der Waals surface area contributed by atoms with Crippen LogP contribution in [0, 0.1) is 0 Å². The Balaban J connectivity index is 1.76. The Morgan fingerprint density at radius 1 is 1.21 bits per heavy atom. The van der Waals surface area contributed by atoms with E-state index >= 15 is 0 Å². The van der Waals surface area contributed by atoms with Crippen molar-refractivity contribution in [2.45, 2.75) is 37.5 Å². The minimum atomic E-state index is -0.423. The Labute approximate surface area is 111 Å². The van der Waals surface area contributed by atoms with Crippen molar-refractivity contribution in [3.8, 4) is 0 Å². The summed E-state index contributed by atoms with van der Waals surface area (Å²) in [5.41, 5.74) is 2.30. The lowest BCUT2D eigenvalue weighted by Gasteiger charge is -2.36. The number of carbonyl (C=O) groups excluding carboxylic acids is 2. The van der Waals surface area contributed by atoms with Crippen molar-refractivity contribution in [1.29, 1.82) is 0 Å². The molecular formula is C14H15N3O2. The summed E-state index contributed by atoms with van der Waals surface area (Å²) in [5.74, 6) is 0.208. The van der Waals surface area contributed by atoms with E-state index in [2.05, 4.69) is 16.7 Å². The van der Waals surface area contributed by atoms with Gasteiger partial charge in [0.2, 0.25) is 11.8 Å². The lowest BCUT2D eigenvalue weighted by Crippen LogP contribution is -2.62. The molecule has 1 aromatic rings. The molecule has 3 aliphatic heterocycles. The van der Waals surface area contributed by atoms with Gasteiger partial charge in [-0.05, 0) is 25.0 Å². The van der Waals surface area contributed by atoms with Crippen molar-refractivity contribution in [3.05, 3.63) is 29.8 Å². The van der Waals surface area contributed by atoms with Crippen LogP contribution in [0.4, 0.5) is 5.69 Å². The first-order chi connectivity index (χ1) is 9.16. The van der Waals surface area contributed by atoms with E-state index in [0.29, 0.717) is 6.42 Å². The van der Waals surface area contributed by atoms with Crippen LogP contribution in [0.25, 0.3) is 0 Å². The van der Waals surface area contributed by atoms with Crippen molar-refractivity contribution >= 4 is 17.5 Å². The molecule has 2 amide bonds. The summed E-state index contributed by atoms with van der Waals surface area (Å²) < 4.78 is 0. The molecule has 0 unspecified atom stereocenters. The molecule has 5 heteroatoms. The smallest absolute Gasteiger partial charge is 0.247 e. The van der Waals surface area contributed by atoms with Crippen molar-refractivity contribution < 1.29 is 9.59 Å². The number of hydrogen-bond donors (Lipinski definition) is 2. The van der Waals surface area contributed by atoms with Crippen molar-refractivity contribution in [2.24, 2.45) is 0 Å². The Kier molecular flexibility index (Phi) is 2.00. The Bertz CT molecular complexity index is 586. The van der Waals surface area contributed by atoms with Crippen molar-refractivity contribution in [3.63, 3.8) is 0 Å². The summed E-state index contributed by atoms with van der Waals surface area (Å²) in [6, 6.07) is 7.35. The van der Waals surface area contributed by atoms with Gasteiger partial charge in [0.1, 0.15) is 18.2 Å². The average molecular weight is 257 g/mol. The minimum absolute atomic E-state index is 0.0115. The molecule has 2 fully saturated rings. The molecule has 19 heavy (non-hydrogen) atoms. The molecule has 4 rings (SSSR count). The fourth-order valence-electron chi connectivity index (χ4n) is 3.57. The fraction of sp³-hybridized carbons (Fsp3) is 0.429. The quantitative estimate of drug-likeness (QED) is 0.717. The van der Waals surface area contributed by atoms with Gasteiger partial charge in [0.25, 0.3) is 0 Å². The first-order valence-corrected chi connectivity index (χ1v) is 6.65. The van der Waals surface area contributed by atoms with Gasteiger partial charge >= 0.3 is 0 Å². The van der Waals surface area contributed by atoms with E-state index in [1.165, 1.54) is 5.56 Å². The average Bonchev–Trinajstić information content (AvgIpc) is 2.92. The zero-order valence-electron chi connectivity index (χ0n) is 10.6.